The van der Waals surface area contributed by atoms with Crippen molar-refractivity contribution < 1.29 is 23.9 Å². The average Bonchev–Trinajstić information content (AvgIpc) is 2.86. The number of aromatic hydroxyl groups is 1. The Kier molecular flexibility index (Phi) is 14.9. The normalized spacial score (nSPS) is 18.9. The smallest absolute Gasteiger partial charge is 0.243 e. The molecule has 0 fully saturated rings. The molecular weight excluding hydrogens is 503 g/mol. The standard InChI is InChI=1S/C25H33FN6O4.3CH4/c26-18-5-3-14-10-16(18)13-21(24(35)30-9-8-28)32-25(36)20(2-1-7-27)31-23(34)19(29)12-17-11-15(14)4-6-22(17)33;;;/h3-6,10-11,19-21,33H,1-2,7-9,12-13,27-29H2,(H,30,35)(H,31,34)(H,32,36);3*1H4/t19-,20-,21-;;;/m0.../s1. The topological polar surface area (TPSA) is 186 Å². The highest BCUT2D eigenvalue weighted by molar-refractivity contribution is 5.93. The van der Waals surface area contributed by atoms with Crippen molar-refractivity contribution in [1.29, 1.82) is 0 Å². The van der Waals surface area contributed by atoms with Gasteiger partial charge in [-0.2, -0.15) is 0 Å². The molecule has 0 aliphatic carbocycles. The minimum absolute atomic E-state index is 0. The second-order valence-corrected chi connectivity index (χ2v) is 8.80. The summed E-state index contributed by atoms with van der Waals surface area (Å²) in [5.41, 5.74) is 19.1. The van der Waals surface area contributed by atoms with Crippen molar-refractivity contribution in [2.45, 2.75) is 66.1 Å². The number of halogens is 1. The van der Waals surface area contributed by atoms with Crippen molar-refractivity contribution in [3.63, 3.8) is 0 Å². The Morgan fingerprint density at radius 2 is 1.59 bits per heavy atom. The lowest BCUT2D eigenvalue weighted by atomic mass is 9.95. The molecule has 4 bridgehead atoms. The number of fused-ring (bicyclic) bond motifs is 5. The number of carbonyl (C=O) groups excluding carboxylic acids is 3. The Hall–Kier alpha value is -3.54. The van der Waals surface area contributed by atoms with Crippen molar-refractivity contribution in [3.05, 3.63) is 53.3 Å². The lowest BCUT2D eigenvalue weighted by Crippen LogP contribution is -2.56. The SMILES string of the molecule is C.C.C.NCCC[C@@H]1NC(=O)[C@@H](N)Cc2cc(ccc2O)-c2ccc(F)c(c2)C[C@@H](C(=O)NCCN)NC1=O. The van der Waals surface area contributed by atoms with Gasteiger partial charge in [0.25, 0.3) is 0 Å². The molecule has 1 aliphatic heterocycles. The van der Waals surface area contributed by atoms with Gasteiger partial charge in [-0.25, -0.2) is 4.39 Å². The number of nitrogens with two attached hydrogens (primary N) is 3. The molecule has 2 aromatic carbocycles. The van der Waals surface area contributed by atoms with Gasteiger partial charge >= 0.3 is 0 Å². The first-order valence-corrected chi connectivity index (χ1v) is 11.9. The molecule has 0 radical (unpaired) electrons. The number of rotatable bonds is 6. The average molecular weight is 549 g/mol. The molecule has 10 N–H and O–H groups in total. The van der Waals surface area contributed by atoms with Crippen LogP contribution in [0.4, 0.5) is 4.39 Å². The summed E-state index contributed by atoms with van der Waals surface area (Å²) in [4.78, 5) is 38.9. The van der Waals surface area contributed by atoms with Crippen LogP contribution in [-0.2, 0) is 27.2 Å². The van der Waals surface area contributed by atoms with Crippen LogP contribution in [0.5, 0.6) is 5.75 Å². The highest BCUT2D eigenvalue weighted by Gasteiger charge is 2.29. The number of hydrogen-bond donors (Lipinski definition) is 7. The molecule has 0 unspecified atom stereocenters. The molecule has 3 amide bonds. The van der Waals surface area contributed by atoms with Crippen LogP contribution >= 0.6 is 0 Å². The summed E-state index contributed by atoms with van der Waals surface area (Å²) in [6, 6.07) is 6.08. The van der Waals surface area contributed by atoms with Crippen molar-refractivity contribution >= 4 is 17.7 Å². The quantitative estimate of drug-likeness (QED) is 0.284. The van der Waals surface area contributed by atoms with Gasteiger partial charge in [-0.3, -0.25) is 14.4 Å². The summed E-state index contributed by atoms with van der Waals surface area (Å²) in [6.45, 7) is 0.642. The maximum atomic E-state index is 14.8. The molecule has 0 spiro atoms. The van der Waals surface area contributed by atoms with Crippen LogP contribution in [0.15, 0.2) is 36.4 Å². The molecule has 0 aromatic heterocycles. The van der Waals surface area contributed by atoms with Crippen LogP contribution in [0, 0.1) is 5.82 Å². The summed E-state index contributed by atoms with van der Waals surface area (Å²) in [6.07, 6.45) is 0.512. The van der Waals surface area contributed by atoms with E-state index in [1.807, 2.05) is 0 Å². The van der Waals surface area contributed by atoms with Gasteiger partial charge in [0.2, 0.25) is 17.7 Å². The van der Waals surface area contributed by atoms with Crippen molar-refractivity contribution in [3.8, 4) is 16.9 Å². The molecule has 3 atom stereocenters. The predicted molar refractivity (Wildman–Crippen MR) is 153 cm³/mol. The van der Waals surface area contributed by atoms with E-state index in [2.05, 4.69) is 16.0 Å². The Morgan fingerprint density at radius 3 is 2.23 bits per heavy atom. The van der Waals surface area contributed by atoms with Crippen LogP contribution in [0.3, 0.4) is 0 Å². The first-order chi connectivity index (χ1) is 17.2. The zero-order valence-electron chi connectivity index (χ0n) is 19.9. The lowest BCUT2D eigenvalue weighted by molar-refractivity contribution is -0.132. The van der Waals surface area contributed by atoms with E-state index in [9.17, 15) is 23.9 Å². The number of benzene rings is 2. The molecule has 10 nitrogen and oxygen atoms in total. The van der Waals surface area contributed by atoms with Crippen LogP contribution in [0.2, 0.25) is 0 Å². The van der Waals surface area contributed by atoms with E-state index in [0.717, 1.165) is 0 Å². The second kappa shape index (κ2) is 16.4. The Bertz CT molecular complexity index is 1110. The molecule has 39 heavy (non-hydrogen) atoms. The van der Waals surface area contributed by atoms with Gasteiger partial charge in [0, 0.05) is 25.9 Å². The van der Waals surface area contributed by atoms with Crippen LogP contribution < -0.4 is 33.2 Å². The van der Waals surface area contributed by atoms with E-state index in [4.69, 9.17) is 17.2 Å². The molecule has 3 rings (SSSR count). The van der Waals surface area contributed by atoms with Crippen LogP contribution in [0.1, 0.15) is 46.2 Å². The van der Waals surface area contributed by atoms with Crippen molar-refractivity contribution in [2.75, 3.05) is 19.6 Å². The van der Waals surface area contributed by atoms with Crippen LogP contribution in [-0.4, -0.2) is 60.6 Å². The van der Waals surface area contributed by atoms with Gasteiger partial charge in [0.15, 0.2) is 0 Å². The molecule has 1 heterocycles. The third-order valence-electron chi connectivity index (χ3n) is 6.07. The van der Waals surface area contributed by atoms with Gasteiger partial charge in [0.05, 0.1) is 6.04 Å². The Morgan fingerprint density at radius 1 is 0.949 bits per heavy atom. The minimum atomic E-state index is -1.12. The molecule has 218 valence electrons. The van der Waals surface area contributed by atoms with E-state index < -0.39 is 41.7 Å². The van der Waals surface area contributed by atoms with E-state index in [0.29, 0.717) is 23.1 Å². The third kappa shape index (κ3) is 9.31. The van der Waals surface area contributed by atoms with E-state index >= 15 is 0 Å². The van der Waals surface area contributed by atoms with Crippen molar-refractivity contribution in [2.24, 2.45) is 17.2 Å². The number of phenolic OH excluding ortho intramolecular Hbond substituents is 1. The first kappa shape index (κ1) is 35.5. The van der Waals surface area contributed by atoms with Crippen molar-refractivity contribution in [1.82, 2.24) is 16.0 Å². The number of amides is 3. The van der Waals surface area contributed by atoms with Gasteiger partial charge in [-0.1, -0.05) is 34.4 Å². The summed E-state index contributed by atoms with van der Waals surface area (Å²) in [5, 5.41) is 18.2. The molecule has 2 aromatic rings. The second-order valence-electron chi connectivity index (χ2n) is 8.80. The number of nitrogens with one attached hydrogen (secondary N) is 3. The highest BCUT2D eigenvalue weighted by atomic mass is 19.1. The van der Waals surface area contributed by atoms with E-state index in [1.54, 1.807) is 24.3 Å². The van der Waals surface area contributed by atoms with Gasteiger partial charge in [-0.15, -0.1) is 0 Å². The summed E-state index contributed by atoms with van der Waals surface area (Å²) in [7, 11) is 0. The zero-order valence-corrected chi connectivity index (χ0v) is 19.9. The van der Waals surface area contributed by atoms with E-state index in [1.165, 1.54) is 12.1 Å². The summed E-state index contributed by atoms with van der Waals surface area (Å²) >= 11 is 0. The Balaban J connectivity index is 0.00000481. The molecule has 0 saturated carbocycles. The monoisotopic (exact) mass is 548 g/mol. The molecular formula is C28H45FN6O4. The Labute approximate surface area is 230 Å². The largest absolute Gasteiger partial charge is 0.508 e. The zero-order chi connectivity index (χ0) is 26.2. The van der Waals surface area contributed by atoms with E-state index in [-0.39, 0.29) is 72.5 Å². The number of hydrogen-bond acceptors (Lipinski definition) is 7. The van der Waals surface area contributed by atoms with Crippen LogP contribution in [0.25, 0.3) is 11.1 Å². The molecule has 1 aliphatic rings. The molecule has 11 heteroatoms. The minimum Gasteiger partial charge on any atom is -0.508 e. The highest BCUT2D eigenvalue weighted by Crippen LogP contribution is 2.28. The van der Waals surface area contributed by atoms with Gasteiger partial charge < -0.3 is 38.3 Å². The first-order valence-electron chi connectivity index (χ1n) is 11.9. The summed E-state index contributed by atoms with van der Waals surface area (Å²) < 4.78 is 14.8. The number of carbonyl (C=O) groups is 3. The predicted octanol–water partition coefficient (Wildman–Crippen LogP) is 1.32. The third-order valence-corrected chi connectivity index (χ3v) is 6.07. The fourth-order valence-corrected chi connectivity index (χ4v) is 4.06. The fourth-order valence-electron chi connectivity index (χ4n) is 4.06. The molecule has 0 saturated heterocycles. The number of phenols is 1. The lowest BCUT2D eigenvalue weighted by Gasteiger charge is -2.24. The maximum Gasteiger partial charge on any atom is 0.243 e. The van der Waals surface area contributed by atoms with Gasteiger partial charge in [0.1, 0.15) is 23.7 Å². The van der Waals surface area contributed by atoms with Gasteiger partial charge in [-0.05, 0) is 65.9 Å². The fraction of sp³-hybridized carbons (Fsp3) is 0.464. The maximum absolute atomic E-state index is 14.8. The summed E-state index contributed by atoms with van der Waals surface area (Å²) in [5.74, 6) is -2.32.